The van der Waals surface area contributed by atoms with Crippen LogP contribution < -0.4 is 0 Å². The maximum atomic E-state index is 5.61. The lowest BCUT2D eigenvalue weighted by Crippen LogP contribution is -2.34. The Labute approximate surface area is 147 Å². The van der Waals surface area contributed by atoms with E-state index in [4.69, 9.17) is 4.52 Å². The molecule has 7 nitrogen and oxygen atoms in total. The van der Waals surface area contributed by atoms with Gasteiger partial charge in [-0.1, -0.05) is 12.1 Å². The number of hydrogen-bond acceptors (Lipinski definition) is 6. The summed E-state index contributed by atoms with van der Waals surface area (Å²) >= 11 is 0. The van der Waals surface area contributed by atoms with Gasteiger partial charge in [-0.2, -0.15) is 10.1 Å². The largest absolute Gasteiger partial charge is 0.339 e. The van der Waals surface area contributed by atoms with E-state index in [1.54, 1.807) is 6.20 Å². The second-order valence-corrected chi connectivity index (χ2v) is 6.93. The van der Waals surface area contributed by atoms with E-state index in [0.29, 0.717) is 11.7 Å². The summed E-state index contributed by atoms with van der Waals surface area (Å²) in [7, 11) is 0. The summed E-state index contributed by atoms with van der Waals surface area (Å²) in [6.07, 6.45) is 5.23. The number of aryl methyl sites for hydroxylation is 2. The summed E-state index contributed by atoms with van der Waals surface area (Å²) in [5, 5.41) is 8.63. The van der Waals surface area contributed by atoms with Crippen LogP contribution in [0.15, 0.2) is 16.8 Å². The smallest absolute Gasteiger partial charge is 0.231 e. The zero-order valence-electron chi connectivity index (χ0n) is 15.1. The minimum Gasteiger partial charge on any atom is -0.339 e. The van der Waals surface area contributed by atoms with Crippen molar-refractivity contribution in [2.45, 2.75) is 46.0 Å². The van der Waals surface area contributed by atoms with E-state index in [1.165, 1.54) is 19.4 Å². The van der Waals surface area contributed by atoms with Crippen LogP contribution in [-0.2, 0) is 0 Å². The first-order chi connectivity index (χ1) is 12.2. The quantitative estimate of drug-likeness (QED) is 0.727. The normalized spacial score (nSPS) is 18.9. The molecule has 1 unspecified atom stereocenters. The van der Waals surface area contributed by atoms with E-state index < -0.39 is 0 Å². The molecule has 1 atom stereocenters. The van der Waals surface area contributed by atoms with Crippen molar-refractivity contribution in [2.75, 3.05) is 19.6 Å². The predicted octanol–water partition coefficient (Wildman–Crippen LogP) is 2.99. The monoisotopic (exact) mass is 340 g/mol. The van der Waals surface area contributed by atoms with Gasteiger partial charge in [0.1, 0.15) is 0 Å². The fourth-order valence-corrected chi connectivity index (χ4v) is 3.72. The maximum absolute atomic E-state index is 5.61. The second-order valence-electron chi connectivity index (χ2n) is 6.93. The van der Waals surface area contributed by atoms with Crippen molar-refractivity contribution >= 4 is 5.65 Å². The fraction of sp³-hybridized carbons (Fsp3) is 0.556. The first kappa shape index (κ1) is 16.2. The summed E-state index contributed by atoms with van der Waals surface area (Å²) in [4.78, 5) is 11.8. The first-order valence-corrected chi connectivity index (χ1v) is 9.04. The van der Waals surface area contributed by atoms with Crippen molar-refractivity contribution in [3.05, 3.63) is 29.5 Å². The topological polar surface area (TPSA) is 72.4 Å². The number of fused-ring (bicyclic) bond motifs is 1. The first-order valence-electron chi connectivity index (χ1n) is 9.04. The zero-order valence-corrected chi connectivity index (χ0v) is 15.1. The summed E-state index contributed by atoms with van der Waals surface area (Å²) in [6, 6.07) is 2.01. The zero-order chi connectivity index (χ0) is 17.4. The Morgan fingerprint density at radius 2 is 2.16 bits per heavy atom. The lowest BCUT2D eigenvalue weighted by atomic mass is 9.98. The van der Waals surface area contributed by atoms with Crippen molar-refractivity contribution in [3.63, 3.8) is 0 Å². The SMILES string of the molecule is CCCN1CCCC(c2nc(-c3cnn4c(C)cc(C)nc34)no2)C1. The second kappa shape index (κ2) is 6.55. The Morgan fingerprint density at radius 3 is 3.00 bits per heavy atom. The lowest BCUT2D eigenvalue weighted by molar-refractivity contribution is 0.187. The van der Waals surface area contributed by atoms with E-state index in [-0.39, 0.29) is 0 Å². The van der Waals surface area contributed by atoms with Gasteiger partial charge in [0, 0.05) is 17.9 Å². The molecule has 1 aliphatic heterocycles. The molecule has 3 aromatic heterocycles. The third-order valence-corrected chi connectivity index (χ3v) is 4.86. The molecule has 1 saturated heterocycles. The summed E-state index contributed by atoms with van der Waals surface area (Å²) in [5.74, 6) is 1.63. The minimum atomic E-state index is 0.319. The minimum absolute atomic E-state index is 0.319. The Hall–Kier alpha value is -2.28. The molecule has 4 rings (SSSR count). The molecule has 7 heteroatoms. The molecule has 25 heavy (non-hydrogen) atoms. The molecule has 0 saturated carbocycles. The Morgan fingerprint density at radius 1 is 1.28 bits per heavy atom. The van der Waals surface area contributed by atoms with Gasteiger partial charge < -0.3 is 9.42 Å². The molecule has 1 aliphatic rings. The van der Waals surface area contributed by atoms with E-state index in [1.807, 2.05) is 24.4 Å². The number of piperidine rings is 1. The van der Waals surface area contributed by atoms with Crippen LogP contribution in [0.5, 0.6) is 0 Å². The maximum Gasteiger partial charge on any atom is 0.231 e. The molecule has 0 spiro atoms. The van der Waals surface area contributed by atoms with Crippen molar-refractivity contribution in [2.24, 2.45) is 0 Å². The number of likely N-dealkylation sites (tertiary alicyclic amines) is 1. The van der Waals surface area contributed by atoms with Crippen LogP contribution in [0.4, 0.5) is 0 Å². The van der Waals surface area contributed by atoms with Crippen molar-refractivity contribution < 1.29 is 4.52 Å². The number of hydrogen-bond donors (Lipinski definition) is 0. The number of aromatic nitrogens is 5. The van der Waals surface area contributed by atoms with Crippen molar-refractivity contribution in [1.82, 2.24) is 29.6 Å². The van der Waals surface area contributed by atoms with Crippen LogP contribution in [0, 0.1) is 13.8 Å². The third kappa shape index (κ3) is 3.04. The molecule has 4 heterocycles. The molecular formula is C18H24N6O. The van der Waals surface area contributed by atoms with Crippen LogP contribution in [0.3, 0.4) is 0 Å². The Bertz CT molecular complexity index is 881. The fourth-order valence-electron chi connectivity index (χ4n) is 3.72. The average molecular weight is 340 g/mol. The van der Waals surface area contributed by atoms with Gasteiger partial charge in [0.05, 0.1) is 17.7 Å². The van der Waals surface area contributed by atoms with Crippen LogP contribution in [0.2, 0.25) is 0 Å². The predicted molar refractivity (Wildman–Crippen MR) is 94.5 cm³/mol. The van der Waals surface area contributed by atoms with Gasteiger partial charge in [-0.25, -0.2) is 9.50 Å². The van der Waals surface area contributed by atoms with Gasteiger partial charge in [-0.05, 0) is 52.3 Å². The lowest BCUT2D eigenvalue weighted by Gasteiger charge is -2.30. The van der Waals surface area contributed by atoms with Crippen LogP contribution in [0.1, 0.15) is 49.4 Å². The molecule has 132 valence electrons. The highest BCUT2D eigenvalue weighted by Gasteiger charge is 2.26. The third-order valence-electron chi connectivity index (χ3n) is 4.86. The van der Waals surface area contributed by atoms with Crippen LogP contribution in [0.25, 0.3) is 17.0 Å². The van der Waals surface area contributed by atoms with Gasteiger partial charge in [-0.3, -0.25) is 0 Å². The molecule has 0 aliphatic carbocycles. The molecule has 0 amide bonds. The molecule has 0 N–H and O–H groups in total. The highest BCUT2D eigenvalue weighted by atomic mass is 16.5. The molecule has 3 aromatic rings. The average Bonchev–Trinajstić information content (AvgIpc) is 3.22. The van der Waals surface area contributed by atoms with Crippen LogP contribution in [-0.4, -0.2) is 49.3 Å². The highest BCUT2D eigenvalue weighted by Crippen LogP contribution is 2.28. The van der Waals surface area contributed by atoms with Gasteiger partial charge in [0.15, 0.2) is 5.65 Å². The van der Waals surface area contributed by atoms with Crippen LogP contribution >= 0.6 is 0 Å². The molecule has 1 fully saturated rings. The van der Waals surface area contributed by atoms with Crippen molar-refractivity contribution in [1.29, 1.82) is 0 Å². The number of nitrogens with zero attached hydrogens (tertiary/aromatic N) is 6. The Balaban J connectivity index is 1.63. The van der Waals surface area contributed by atoms with E-state index in [9.17, 15) is 0 Å². The summed E-state index contributed by atoms with van der Waals surface area (Å²) in [6.45, 7) is 9.52. The highest BCUT2D eigenvalue weighted by molar-refractivity contribution is 5.72. The van der Waals surface area contributed by atoms with Gasteiger partial charge >= 0.3 is 0 Å². The van der Waals surface area contributed by atoms with Gasteiger partial charge in [-0.15, -0.1) is 0 Å². The van der Waals surface area contributed by atoms with Gasteiger partial charge in [0.25, 0.3) is 0 Å². The molecule has 0 radical (unpaired) electrons. The van der Waals surface area contributed by atoms with Gasteiger partial charge in [0.2, 0.25) is 11.7 Å². The summed E-state index contributed by atoms with van der Waals surface area (Å²) in [5.41, 5.74) is 3.60. The van der Waals surface area contributed by atoms with E-state index in [2.05, 4.69) is 32.0 Å². The number of rotatable bonds is 4. The van der Waals surface area contributed by atoms with E-state index in [0.717, 1.165) is 48.0 Å². The molecular weight excluding hydrogens is 316 g/mol. The van der Waals surface area contributed by atoms with Crippen molar-refractivity contribution in [3.8, 4) is 11.4 Å². The summed E-state index contributed by atoms with van der Waals surface area (Å²) < 4.78 is 7.43. The Kier molecular flexibility index (Phi) is 4.25. The standard InChI is InChI=1S/C18H24N6O/c1-4-7-23-8-5-6-14(11-23)18-21-16(22-25-18)15-10-19-24-13(3)9-12(2)20-17(15)24/h9-10,14H,4-8,11H2,1-3H3. The molecule has 0 aromatic carbocycles. The van der Waals surface area contributed by atoms with E-state index >= 15 is 0 Å². The molecule has 0 bridgehead atoms.